The maximum atomic E-state index is 14.2. The summed E-state index contributed by atoms with van der Waals surface area (Å²) in [6.45, 7) is 3.24. The molecule has 2 N–H and O–H groups in total. The molecular weight excluding hydrogens is 269 g/mol. The highest BCUT2D eigenvalue weighted by Crippen LogP contribution is 2.27. The van der Waals surface area contributed by atoms with Crippen LogP contribution in [0.5, 0.6) is 0 Å². The van der Waals surface area contributed by atoms with E-state index in [0.29, 0.717) is 13.1 Å². The van der Waals surface area contributed by atoms with Crippen LogP contribution in [-0.4, -0.2) is 24.0 Å². The van der Waals surface area contributed by atoms with Crippen molar-refractivity contribution in [3.8, 4) is 0 Å². The molecule has 0 atom stereocenters. The molecule has 1 amide bonds. The van der Waals surface area contributed by atoms with Crippen LogP contribution >= 0.6 is 0 Å². The van der Waals surface area contributed by atoms with Crippen molar-refractivity contribution in [1.82, 2.24) is 10.3 Å². The first kappa shape index (κ1) is 15.7. The molecule has 21 heavy (non-hydrogen) atoms. The number of aromatic nitrogens is 1. The zero-order valence-corrected chi connectivity index (χ0v) is 12.6. The minimum absolute atomic E-state index is 0.0648. The van der Waals surface area contributed by atoms with Crippen molar-refractivity contribution in [1.29, 1.82) is 0 Å². The zero-order valence-electron chi connectivity index (χ0n) is 12.6. The Hall–Kier alpha value is -1.65. The number of nitrogens with zero attached hydrogens (tertiary/aromatic N) is 1. The molecule has 1 fully saturated rings. The first-order valence-electron chi connectivity index (χ1n) is 7.89. The van der Waals surface area contributed by atoms with Crippen molar-refractivity contribution in [2.75, 3.05) is 18.4 Å². The van der Waals surface area contributed by atoms with Gasteiger partial charge in [0.2, 0.25) is 0 Å². The monoisotopic (exact) mass is 293 g/mol. The van der Waals surface area contributed by atoms with Crippen LogP contribution in [0.3, 0.4) is 0 Å². The fraction of sp³-hybridized carbons (Fsp3) is 0.625. The van der Waals surface area contributed by atoms with E-state index in [1.165, 1.54) is 37.9 Å². The number of rotatable bonds is 7. The Morgan fingerprint density at radius 3 is 2.86 bits per heavy atom. The average Bonchev–Trinajstić information content (AvgIpc) is 2.99. The van der Waals surface area contributed by atoms with E-state index in [1.807, 2.05) is 6.92 Å². The van der Waals surface area contributed by atoms with Crippen molar-refractivity contribution in [2.45, 2.75) is 45.4 Å². The van der Waals surface area contributed by atoms with E-state index < -0.39 is 5.82 Å². The summed E-state index contributed by atoms with van der Waals surface area (Å²) in [5.41, 5.74) is 0.0648. The molecule has 1 heterocycles. The molecule has 0 radical (unpaired) electrons. The maximum absolute atomic E-state index is 14.2. The van der Waals surface area contributed by atoms with Crippen molar-refractivity contribution in [2.24, 2.45) is 5.92 Å². The van der Waals surface area contributed by atoms with Crippen LogP contribution in [0.25, 0.3) is 0 Å². The number of carbonyl (C=O) groups is 1. The van der Waals surface area contributed by atoms with Gasteiger partial charge in [-0.25, -0.2) is 9.37 Å². The molecule has 1 aromatic heterocycles. The van der Waals surface area contributed by atoms with E-state index in [1.54, 1.807) is 0 Å². The third-order valence-corrected chi connectivity index (χ3v) is 3.99. The predicted molar refractivity (Wildman–Crippen MR) is 81.9 cm³/mol. The van der Waals surface area contributed by atoms with Gasteiger partial charge in [-0.1, -0.05) is 32.6 Å². The lowest BCUT2D eigenvalue weighted by atomic mass is 10.0. The van der Waals surface area contributed by atoms with Crippen LogP contribution in [0.1, 0.15) is 55.8 Å². The van der Waals surface area contributed by atoms with Crippen molar-refractivity contribution < 1.29 is 9.18 Å². The number of carbonyl (C=O) groups excluding carboxylic acids is 1. The normalized spacial score (nSPS) is 15.1. The summed E-state index contributed by atoms with van der Waals surface area (Å²) >= 11 is 0. The molecule has 0 aliphatic heterocycles. The van der Waals surface area contributed by atoms with Gasteiger partial charge in [-0.2, -0.15) is 0 Å². The van der Waals surface area contributed by atoms with Crippen LogP contribution in [0.15, 0.2) is 12.3 Å². The fourth-order valence-electron chi connectivity index (χ4n) is 2.77. The number of anilines is 1. The highest BCUT2D eigenvalue weighted by Gasteiger charge is 2.17. The summed E-state index contributed by atoms with van der Waals surface area (Å²) in [5, 5.41) is 5.71. The topological polar surface area (TPSA) is 54.0 Å². The Kier molecular flexibility index (Phi) is 5.96. The molecule has 0 bridgehead atoms. The molecule has 1 aromatic rings. The van der Waals surface area contributed by atoms with Gasteiger partial charge in [-0.3, -0.25) is 4.79 Å². The first-order valence-corrected chi connectivity index (χ1v) is 7.89. The molecular formula is C16H24FN3O. The Morgan fingerprint density at radius 2 is 2.14 bits per heavy atom. The van der Waals surface area contributed by atoms with Crippen LogP contribution in [0, 0.1) is 11.7 Å². The summed E-state index contributed by atoms with van der Waals surface area (Å²) in [5.74, 6) is -0.0496. The molecule has 4 nitrogen and oxygen atoms in total. The lowest BCUT2D eigenvalue weighted by Crippen LogP contribution is -2.27. The lowest BCUT2D eigenvalue weighted by Gasteiger charge is -2.11. The molecule has 1 aliphatic carbocycles. The Balaban J connectivity index is 1.88. The van der Waals surface area contributed by atoms with Gasteiger partial charge in [0.25, 0.3) is 5.91 Å². The van der Waals surface area contributed by atoms with Gasteiger partial charge < -0.3 is 10.6 Å². The predicted octanol–water partition coefficient (Wildman–Crippen LogP) is 3.35. The second kappa shape index (κ2) is 7.96. The van der Waals surface area contributed by atoms with Gasteiger partial charge in [0.05, 0.1) is 5.56 Å². The van der Waals surface area contributed by atoms with Crippen LogP contribution in [-0.2, 0) is 0 Å². The van der Waals surface area contributed by atoms with Gasteiger partial charge in [0, 0.05) is 19.3 Å². The van der Waals surface area contributed by atoms with Crippen LogP contribution < -0.4 is 10.6 Å². The van der Waals surface area contributed by atoms with Crippen molar-refractivity contribution in [3.05, 3.63) is 23.6 Å². The molecule has 0 saturated heterocycles. The van der Waals surface area contributed by atoms with E-state index in [2.05, 4.69) is 15.6 Å². The van der Waals surface area contributed by atoms with E-state index >= 15 is 0 Å². The lowest BCUT2D eigenvalue weighted by molar-refractivity contribution is 0.0947. The molecule has 0 aromatic carbocycles. The second-order valence-corrected chi connectivity index (χ2v) is 5.64. The highest BCUT2D eigenvalue weighted by molar-refractivity contribution is 5.95. The van der Waals surface area contributed by atoms with E-state index in [4.69, 9.17) is 0 Å². The summed E-state index contributed by atoms with van der Waals surface area (Å²) in [6.07, 6.45) is 8.43. The summed E-state index contributed by atoms with van der Waals surface area (Å²) in [7, 11) is 0. The number of amides is 1. The van der Waals surface area contributed by atoms with Crippen molar-refractivity contribution >= 4 is 11.7 Å². The standard InChI is InChI=1S/C16H24FN3O/c1-2-9-18-15-14(17)13(8-11-19-15)16(21)20-10-7-12-5-3-4-6-12/h8,11-12H,2-7,9-10H2,1H3,(H,18,19)(H,20,21). The number of hydrogen-bond acceptors (Lipinski definition) is 3. The summed E-state index contributed by atoms with van der Waals surface area (Å²) < 4.78 is 14.2. The van der Waals surface area contributed by atoms with Crippen molar-refractivity contribution in [3.63, 3.8) is 0 Å². The summed E-state index contributed by atoms with van der Waals surface area (Å²) in [4.78, 5) is 16.0. The van der Waals surface area contributed by atoms with Gasteiger partial charge in [-0.05, 0) is 24.8 Å². The van der Waals surface area contributed by atoms with E-state index in [9.17, 15) is 9.18 Å². The average molecular weight is 293 g/mol. The second-order valence-electron chi connectivity index (χ2n) is 5.64. The molecule has 2 rings (SSSR count). The first-order chi connectivity index (χ1) is 10.2. The van der Waals surface area contributed by atoms with Crippen LogP contribution in [0.2, 0.25) is 0 Å². The molecule has 1 aliphatic rings. The zero-order chi connectivity index (χ0) is 15.1. The van der Waals surface area contributed by atoms with Crippen LogP contribution in [0.4, 0.5) is 10.2 Å². The highest BCUT2D eigenvalue weighted by atomic mass is 19.1. The Morgan fingerprint density at radius 1 is 1.38 bits per heavy atom. The Bertz CT molecular complexity index is 473. The smallest absolute Gasteiger partial charge is 0.254 e. The molecule has 5 heteroatoms. The van der Waals surface area contributed by atoms with E-state index in [-0.39, 0.29) is 17.3 Å². The minimum Gasteiger partial charge on any atom is -0.368 e. The summed E-state index contributed by atoms with van der Waals surface area (Å²) in [6, 6.07) is 1.43. The molecule has 0 unspecified atom stereocenters. The maximum Gasteiger partial charge on any atom is 0.254 e. The third-order valence-electron chi connectivity index (χ3n) is 3.99. The molecule has 0 spiro atoms. The largest absolute Gasteiger partial charge is 0.368 e. The number of hydrogen-bond donors (Lipinski definition) is 2. The van der Waals surface area contributed by atoms with Gasteiger partial charge in [0.1, 0.15) is 0 Å². The number of pyridine rings is 1. The Labute approximate surface area is 125 Å². The van der Waals surface area contributed by atoms with Gasteiger partial charge >= 0.3 is 0 Å². The SMILES string of the molecule is CCCNc1nccc(C(=O)NCCC2CCCC2)c1F. The van der Waals surface area contributed by atoms with Gasteiger partial charge in [-0.15, -0.1) is 0 Å². The fourth-order valence-corrected chi connectivity index (χ4v) is 2.77. The number of nitrogens with one attached hydrogen (secondary N) is 2. The minimum atomic E-state index is -0.565. The number of halogens is 1. The molecule has 1 saturated carbocycles. The molecule has 116 valence electrons. The third kappa shape index (κ3) is 4.41. The van der Waals surface area contributed by atoms with Gasteiger partial charge in [0.15, 0.2) is 11.6 Å². The van der Waals surface area contributed by atoms with E-state index in [0.717, 1.165) is 18.8 Å². The quantitative estimate of drug-likeness (QED) is 0.810.